The molecule has 2 bridgehead atoms. The number of hydrogen-bond acceptors (Lipinski definition) is 6. The summed E-state index contributed by atoms with van der Waals surface area (Å²) in [5.41, 5.74) is 1.86. The Morgan fingerprint density at radius 2 is 1.91 bits per heavy atom. The first-order valence-corrected chi connectivity index (χ1v) is 11.4. The molecule has 1 aromatic heterocycles. The number of methoxy groups -OCH3 is 1. The number of carbonyl (C=O) groups is 1. The molecule has 5 rings (SSSR count). The highest BCUT2D eigenvalue weighted by atomic mass is 16.5. The molecule has 2 unspecified atom stereocenters. The third-order valence-corrected chi connectivity index (χ3v) is 7.17. The van der Waals surface area contributed by atoms with Gasteiger partial charge in [0.05, 0.1) is 12.7 Å². The molecule has 32 heavy (non-hydrogen) atoms. The van der Waals surface area contributed by atoms with Crippen molar-refractivity contribution in [1.29, 1.82) is 5.26 Å². The lowest BCUT2D eigenvalue weighted by atomic mass is 10.0. The Hall–Kier alpha value is -3.11. The van der Waals surface area contributed by atoms with Gasteiger partial charge in [-0.3, -0.25) is 4.79 Å². The van der Waals surface area contributed by atoms with E-state index < -0.39 is 0 Å². The molecule has 1 saturated carbocycles. The van der Waals surface area contributed by atoms with Crippen molar-refractivity contribution in [3.63, 3.8) is 0 Å². The van der Waals surface area contributed by atoms with E-state index in [9.17, 15) is 4.79 Å². The van der Waals surface area contributed by atoms with E-state index in [0.29, 0.717) is 30.6 Å². The average molecular weight is 432 g/mol. The maximum absolute atomic E-state index is 13.0. The molecular weight excluding hydrogens is 402 g/mol. The third kappa shape index (κ3) is 3.91. The molecule has 3 aliphatic rings. The topological polar surface area (TPSA) is 81.5 Å². The number of ether oxygens (including phenoxy) is 1. The van der Waals surface area contributed by atoms with Gasteiger partial charge in [0.25, 0.3) is 0 Å². The van der Waals surface area contributed by atoms with Gasteiger partial charge in [-0.15, -0.1) is 0 Å². The van der Waals surface area contributed by atoms with E-state index in [1.165, 1.54) is 5.56 Å². The highest BCUT2D eigenvalue weighted by Crippen LogP contribution is 2.45. The summed E-state index contributed by atoms with van der Waals surface area (Å²) < 4.78 is 5.26. The van der Waals surface area contributed by atoms with Crippen LogP contribution >= 0.6 is 0 Å². The average Bonchev–Trinajstić information content (AvgIpc) is 3.58. The van der Waals surface area contributed by atoms with Crippen LogP contribution in [-0.2, 0) is 10.3 Å². The standard InChI is InChI=1S/C25H29N5O2/c1-32-22-7-3-19(4-8-22)25(11-12-25)28-13-10-24(31)29-16-20-5-6-21(17-29)30(20)23-9-2-18(14-26)15-27-23/h2-4,7-9,15,20-21,28H,5-6,10-13,16-17H2,1H3. The highest BCUT2D eigenvalue weighted by Gasteiger charge is 2.44. The van der Waals surface area contributed by atoms with Gasteiger partial charge in [0, 0.05) is 49.9 Å². The van der Waals surface area contributed by atoms with Gasteiger partial charge in [-0.05, 0) is 55.5 Å². The van der Waals surface area contributed by atoms with Gasteiger partial charge < -0.3 is 19.9 Å². The summed E-state index contributed by atoms with van der Waals surface area (Å²) in [6.45, 7) is 2.19. The quantitative estimate of drug-likeness (QED) is 0.726. The fourth-order valence-corrected chi connectivity index (χ4v) is 5.25. The number of fused-ring (bicyclic) bond motifs is 2. The lowest BCUT2D eigenvalue weighted by Crippen LogP contribution is -2.56. The van der Waals surface area contributed by atoms with Crippen LogP contribution < -0.4 is 15.0 Å². The van der Waals surface area contributed by atoms with E-state index in [0.717, 1.165) is 50.3 Å². The number of nitrogens with zero attached hydrogens (tertiary/aromatic N) is 4. The fourth-order valence-electron chi connectivity index (χ4n) is 5.25. The van der Waals surface area contributed by atoms with Gasteiger partial charge >= 0.3 is 0 Å². The molecule has 1 amide bonds. The number of pyridine rings is 1. The monoisotopic (exact) mass is 431 g/mol. The number of benzene rings is 1. The number of anilines is 1. The first-order chi connectivity index (χ1) is 15.6. The predicted molar refractivity (Wildman–Crippen MR) is 121 cm³/mol. The van der Waals surface area contributed by atoms with Crippen molar-refractivity contribution >= 4 is 11.7 Å². The van der Waals surface area contributed by atoms with Crippen molar-refractivity contribution in [3.05, 3.63) is 53.7 Å². The van der Waals surface area contributed by atoms with Crippen LogP contribution in [0, 0.1) is 11.3 Å². The van der Waals surface area contributed by atoms with Gasteiger partial charge in [-0.1, -0.05) is 12.1 Å². The number of rotatable bonds is 7. The van der Waals surface area contributed by atoms with Gasteiger partial charge in [0.2, 0.25) is 5.91 Å². The molecule has 2 aromatic rings. The number of nitrogens with one attached hydrogen (secondary N) is 1. The third-order valence-electron chi connectivity index (χ3n) is 7.17. The Bertz CT molecular complexity index is 996. The Labute approximate surface area is 189 Å². The van der Waals surface area contributed by atoms with Crippen molar-refractivity contribution in [3.8, 4) is 11.8 Å². The number of hydrogen-bond donors (Lipinski definition) is 1. The minimum Gasteiger partial charge on any atom is -0.497 e. The normalized spacial score (nSPS) is 23.0. The highest BCUT2D eigenvalue weighted by molar-refractivity contribution is 5.77. The summed E-state index contributed by atoms with van der Waals surface area (Å²) in [5, 5.41) is 12.6. The van der Waals surface area contributed by atoms with Crippen LogP contribution in [0.1, 0.15) is 43.2 Å². The lowest BCUT2D eigenvalue weighted by molar-refractivity contribution is -0.132. The Morgan fingerprint density at radius 3 is 2.47 bits per heavy atom. The molecule has 1 aliphatic carbocycles. The van der Waals surface area contributed by atoms with Crippen LogP contribution in [0.5, 0.6) is 5.75 Å². The van der Waals surface area contributed by atoms with Crippen LogP contribution in [0.4, 0.5) is 5.82 Å². The summed E-state index contributed by atoms with van der Waals surface area (Å²) in [7, 11) is 1.68. The molecule has 7 heteroatoms. The number of piperazine rings is 1. The van der Waals surface area contributed by atoms with Crippen molar-refractivity contribution in [2.45, 2.75) is 49.7 Å². The maximum Gasteiger partial charge on any atom is 0.223 e. The second kappa shape index (κ2) is 8.44. The van der Waals surface area contributed by atoms with Crippen molar-refractivity contribution < 1.29 is 9.53 Å². The van der Waals surface area contributed by atoms with Gasteiger partial charge in [0.15, 0.2) is 0 Å². The molecule has 3 fully saturated rings. The molecule has 7 nitrogen and oxygen atoms in total. The summed E-state index contributed by atoms with van der Waals surface area (Å²) in [6.07, 6.45) is 6.52. The maximum atomic E-state index is 13.0. The van der Waals surface area contributed by atoms with Gasteiger partial charge in [-0.25, -0.2) is 4.98 Å². The predicted octanol–water partition coefficient (Wildman–Crippen LogP) is 2.81. The Morgan fingerprint density at radius 1 is 1.19 bits per heavy atom. The molecule has 0 spiro atoms. The summed E-state index contributed by atoms with van der Waals surface area (Å²) >= 11 is 0. The SMILES string of the molecule is COc1ccc(C2(NCCC(=O)N3CC4CCC(C3)N4c3ccc(C#N)cn3)CC2)cc1. The molecule has 166 valence electrons. The molecule has 1 aromatic carbocycles. The van der Waals surface area contributed by atoms with Gasteiger partial charge in [-0.2, -0.15) is 5.26 Å². The Balaban J connectivity index is 1.15. The van der Waals surface area contributed by atoms with E-state index in [1.807, 2.05) is 29.2 Å². The molecular formula is C25H29N5O2. The zero-order valence-corrected chi connectivity index (χ0v) is 18.5. The first-order valence-electron chi connectivity index (χ1n) is 11.4. The second-order valence-corrected chi connectivity index (χ2v) is 9.10. The van der Waals surface area contributed by atoms with E-state index in [-0.39, 0.29) is 11.4 Å². The van der Waals surface area contributed by atoms with E-state index in [2.05, 4.69) is 33.4 Å². The summed E-state index contributed by atoms with van der Waals surface area (Å²) in [5.74, 6) is 2.01. The van der Waals surface area contributed by atoms with E-state index in [1.54, 1.807) is 13.3 Å². The molecule has 2 aliphatic heterocycles. The number of carbonyl (C=O) groups excluding carboxylic acids is 1. The van der Waals surface area contributed by atoms with Gasteiger partial charge in [0.1, 0.15) is 17.6 Å². The van der Waals surface area contributed by atoms with E-state index >= 15 is 0 Å². The molecule has 3 heterocycles. The minimum atomic E-state index is 0.0194. The van der Waals surface area contributed by atoms with Crippen LogP contribution in [0.15, 0.2) is 42.6 Å². The number of likely N-dealkylation sites (tertiary alicyclic amines) is 1. The largest absolute Gasteiger partial charge is 0.497 e. The fraction of sp³-hybridized carbons (Fsp3) is 0.480. The zero-order valence-electron chi connectivity index (χ0n) is 18.5. The molecule has 1 N–H and O–H groups in total. The summed E-state index contributed by atoms with van der Waals surface area (Å²) in [4.78, 5) is 21.9. The minimum absolute atomic E-state index is 0.0194. The van der Waals surface area contributed by atoms with Crippen LogP contribution in [0.2, 0.25) is 0 Å². The molecule has 2 atom stereocenters. The second-order valence-electron chi connectivity index (χ2n) is 9.10. The smallest absolute Gasteiger partial charge is 0.223 e. The number of aromatic nitrogens is 1. The van der Waals surface area contributed by atoms with Crippen LogP contribution in [-0.4, -0.2) is 54.6 Å². The molecule has 0 radical (unpaired) electrons. The van der Waals surface area contributed by atoms with Crippen molar-refractivity contribution in [2.75, 3.05) is 31.6 Å². The number of amides is 1. The number of nitriles is 1. The Kier molecular flexibility index (Phi) is 5.48. The molecule has 2 saturated heterocycles. The van der Waals surface area contributed by atoms with Crippen LogP contribution in [0.3, 0.4) is 0 Å². The summed E-state index contributed by atoms with van der Waals surface area (Å²) in [6, 6.07) is 14.7. The van der Waals surface area contributed by atoms with Crippen LogP contribution in [0.25, 0.3) is 0 Å². The van der Waals surface area contributed by atoms with E-state index in [4.69, 9.17) is 10.00 Å². The lowest BCUT2D eigenvalue weighted by Gasteiger charge is -2.42. The zero-order chi connectivity index (χ0) is 22.1. The van der Waals surface area contributed by atoms with Crippen molar-refractivity contribution in [2.24, 2.45) is 0 Å². The van der Waals surface area contributed by atoms with Crippen molar-refractivity contribution in [1.82, 2.24) is 15.2 Å². The first kappa shape index (κ1) is 20.8.